The first-order valence-electron chi connectivity index (χ1n) is 9.40. The number of alkyl carbamates (subject to hydrolysis) is 1. The second kappa shape index (κ2) is 7.42. The molecule has 2 N–H and O–H groups in total. The fraction of sp³-hybridized carbons (Fsp3) is 0.947. The third-order valence-electron chi connectivity index (χ3n) is 5.51. The molecule has 2 fully saturated rings. The molecule has 23 heavy (non-hydrogen) atoms. The highest BCUT2D eigenvalue weighted by Gasteiger charge is 2.37. The van der Waals surface area contributed by atoms with Crippen molar-refractivity contribution >= 4 is 6.09 Å². The van der Waals surface area contributed by atoms with Crippen molar-refractivity contribution in [1.82, 2.24) is 10.6 Å². The van der Waals surface area contributed by atoms with Crippen molar-refractivity contribution in [3.8, 4) is 0 Å². The quantitative estimate of drug-likeness (QED) is 0.795. The van der Waals surface area contributed by atoms with Crippen LogP contribution < -0.4 is 10.6 Å². The second-order valence-corrected chi connectivity index (χ2v) is 9.13. The van der Waals surface area contributed by atoms with E-state index in [4.69, 9.17) is 4.74 Å². The van der Waals surface area contributed by atoms with Crippen molar-refractivity contribution in [2.24, 2.45) is 11.3 Å². The lowest BCUT2D eigenvalue weighted by Crippen LogP contribution is -2.52. The molecular weight excluding hydrogens is 288 g/mol. The zero-order valence-corrected chi connectivity index (χ0v) is 15.7. The fourth-order valence-corrected chi connectivity index (χ4v) is 4.12. The van der Waals surface area contributed by atoms with E-state index in [1.54, 1.807) is 0 Å². The molecule has 0 bridgehead atoms. The predicted octanol–water partition coefficient (Wildman–Crippen LogP) is 4.24. The van der Waals surface area contributed by atoms with Crippen LogP contribution in [-0.2, 0) is 4.74 Å². The summed E-state index contributed by atoms with van der Waals surface area (Å²) in [6, 6.07) is 0.931. The largest absolute Gasteiger partial charge is 0.444 e. The van der Waals surface area contributed by atoms with Crippen LogP contribution in [0, 0.1) is 11.3 Å². The first-order valence-corrected chi connectivity index (χ1v) is 9.40. The maximum atomic E-state index is 12.0. The second-order valence-electron chi connectivity index (χ2n) is 9.13. The number of hydrogen-bond acceptors (Lipinski definition) is 3. The summed E-state index contributed by atoms with van der Waals surface area (Å²) in [5, 5.41) is 6.89. The van der Waals surface area contributed by atoms with E-state index in [1.165, 1.54) is 44.9 Å². The summed E-state index contributed by atoms with van der Waals surface area (Å²) < 4.78 is 5.38. The number of rotatable bonds is 5. The summed E-state index contributed by atoms with van der Waals surface area (Å²) in [6.45, 7) is 11.1. The van der Waals surface area contributed by atoms with Crippen molar-refractivity contribution in [3.63, 3.8) is 0 Å². The van der Waals surface area contributed by atoms with E-state index in [0.29, 0.717) is 30.0 Å². The molecule has 1 amide bonds. The topological polar surface area (TPSA) is 50.4 Å². The predicted molar refractivity (Wildman–Crippen MR) is 94.5 cm³/mol. The molecule has 2 aliphatic rings. The average molecular weight is 325 g/mol. The molecule has 0 saturated heterocycles. The number of carbonyl (C=O) groups is 1. The standard InChI is InChI=1S/C19H36N2O2/c1-18(2,3)23-17(22)20-13-15(14-9-6-7-10-14)21-16-11-8-12-19(16,4)5/h14-16,21H,6-13H2,1-5H3,(H,20,22). The normalized spacial score (nSPS) is 26.2. The fourth-order valence-electron chi connectivity index (χ4n) is 4.12. The lowest BCUT2D eigenvalue weighted by molar-refractivity contribution is 0.0515. The zero-order valence-electron chi connectivity index (χ0n) is 15.7. The van der Waals surface area contributed by atoms with Gasteiger partial charge in [0.25, 0.3) is 0 Å². The van der Waals surface area contributed by atoms with Gasteiger partial charge in [0.05, 0.1) is 0 Å². The van der Waals surface area contributed by atoms with Gasteiger partial charge in [0.15, 0.2) is 0 Å². The number of carbonyl (C=O) groups excluding carboxylic acids is 1. The Hall–Kier alpha value is -0.770. The summed E-state index contributed by atoms with van der Waals surface area (Å²) in [7, 11) is 0. The molecule has 2 aliphatic carbocycles. The van der Waals surface area contributed by atoms with Crippen molar-refractivity contribution in [2.45, 2.75) is 97.2 Å². The first kappa shape index (κ1) is 18.6. The van der Waals surface area contributed by atoms with Crippen LogP contribution in [0.15, 0.2) is 0 Å². The van der Waals surface area contributed by atoms with Crippen molar-refractivity contribution in [3.05, 3.63) is 0 Å². The molecule has 4 nitrogen and oxygen atoms in total. The van der Waals surface area contributed by atoms with Gasteiger partial charge >= 0.3 is 6.09 Å². The van der Waals surface area contributed by atoms with E-state index in [0.717, 1.165) is 0 Å². The maximum absolute atomic E-state index is 12.0. The number of hydrogen-bond donors (Lipinski definition) is 2. The van der Waals surface area contributed by atoms with Gasteiger partial charge in [-0.05, 0) is 57.8 Å². The Morgan fingerprint density at radius 2 is 1.83 bits per heavy atom. The maximum Gasteiger partial charge on any atom is 0.407 e. The minimum absolute atomic E-state index is 0.298. The highest BCUT2D eigenvalue weighted by Crippen LogP contribution is 2.38. The summed E-state index contributed by atoms with van der Waals surface area (Å²) >= 11 is 0. The summed E-state index contributed by atoms with van der Waals surface area (Å²) in [6.07, 6.45) is 8.76. The molecule has 134 valence electrons. The molecule has 2 saturated carbocycles. The van der Waals surface area contributed by atoms with Crippen LogP contribution in [-0.4, -0.2) is 30.3 Å². The first-order chi connectivity index (χ1) is 10.7. The SMILES string of the molecule is CC(C)(C)OC(=O)NCC(NC1CCCC1(C)C)C1CCCC1. The van der Waals surface area contributed by atoms with Gasteiger partial charge < -0.3 is 15.4 Å². The van der Waals surface area contributed by atoms with Gasteiger partial charge in [0.1, 0.15) is 5.60 Å². The monoisotopic (exact) mass is 324 g/mol. The zero-order chi connectivity index (χ0) is 17.1. The lowest BCUT2D eigenvalue weighted by atomic mass is 9.85. The van der Waals surface area contributed by atoms with Crippen molar-refractivity contribution in [1.29, 1.82) is 0 Å². The van der Waals surface area contributed by atoms with Crippen LogP contribution in [0.4, 0.5) is 4.79 Å². The minimum atomic E-state index is -0.437. The van der Waals surface area contributed by atoms with Crippen LogP contribution in [0.3, 0.4) is 0 Å². The van der Waals surface area contributed by atoms with Crippen molar-refractivity contribution in [2.75, 3.05) is 6.54 Å². The van der Waals surface area contributed by atoms with Gasteiger partial charge in [-0.2, -0.15) is 0 Å². The molecule has 0 aromatic rings. The molecule has 0 spiro atoms. The molecule has 0 aromatic carbocycles. The van der Waals surface area contributed by atoms with Gasteiger partial charge in [-0.3, -0.25) is 0 Å². The Labute approximate surface area is 142 Å². The van der Waals surface area contributed by atoms with E-state index < -0.39 is 5.60 Å². The van der Waals surface area contributed by atoms with Gasteiger partial charge in [-0.25, -0.2) is 4.79 Å². The smallest absolute Gasteiger partial charge is 0.407 e. The van der Waals surface area contributed by atoms with Gasteiger partial charge in [0.2, 0.25) is 0 Å². The van der Waals surface area contributed by atoms with Crippen LogP contribution in [0.25, 0.3) is 0 Å². The molecule has 0 aliphatic heterocycles. The molecule has 4 heteroatoms. The van der Waals surface area contributed by atoms with E-state index >= 15 is 0 Å². The Balaban J connectivity index is 1.91. The molecule has 2 atom stereocenters. The van der Waals surface area contributed by atoms with Gasteiger partial charge in [-0.1, -0.05) is 33.1 Å². The average Bonchev–Trinajstić information content (AvgIpc) is 3.02. The molecule has 0 heterocycles. The van der Waals surface area contributed by atoms with Crippen molar-refractivity contribution < 1.29 is 9.53 Å². The van der Waals surface area contributed by atoms with Crippen LogP contribution in [0.1, 0.15) is 79.6 Å². The highest BCUT2D eigenvalue weighted by atomic mass is 16.6. The number of amides is 1. The molecule has 0 aromatic heterocycles. The Morgan fingerprint density at radius 3 is 2.35 bits per heavy atom. The molecular formula is C19H36N2O2. The summed E-state index contributed by atoms with van der Waals surface area (Å²) in [5.74, 6) is 0.682. The van der Waals surface area contributed by atoms with Crippen LogP contribution in [0.5, 0.6) is 0 Å². The third kappa shape index (κ3) is 5.66. The van der Waals surface area contributed by atoms with Crippen LogP contribution in [0.2, 0.25) is 0 Å². The highest BCUT2D eigenvalue weighted by molar-refractivity contribution is 5.67. The van der Waals surface area contributed by atoms with Gasteiger partial charge in [0, 0.05) is 18.6 Å². The minimum Gasteiger partial charge on any atom is -0.444 e. The van der Waals surface area contributed by atoms with E-state index in [-0.39, 0.29) is 6.09 Å². The van der Waals surface area contributed by atoms with Gasteiger partial charge in [-0.15, -0.1) is 0 Å². The number of nitrogens with one attached hydrogen (secondary N) is 2. The summed E-state index contributed by atoms with van der Waals surface area (Å²) in [4.78, 5) is 12.0. The van der Waals surface area contributed by atoms with E-state index in [9.17, 15) is 4.79 Å². The van der Waals surface area contributed by atoms with E-state index in [2.05, 4.69) is 24.5 Å². The Bertz CT molecular complexity index is 395. The summed E-state index contributed by atoms with van der Waals surface area (Å²) in [5.41, 5.74) is -0.0728. The molecule has 0 radical (unpaired) electrons. The number of ether oxygens (including phenoxy) is 1. The van der Waals surface area contributed by atoms with Crippen LogP contribution >= 0.6 is 0 Å². The third-order valence-corrected chi connectivity index (χ3v) is 5.51. The molecule has 2 unspecified atom stereocenters. The lowest BCUT2D eigenvalue weighted by Gasteiger charge is -2.35. The Kier molecular flexibility index (Phi) is 5.99. The molecule has 2 rings (SSSR count). The van der Waals surface area contributed by atoms with E-state index in [1.807, 2.05) is 20.8 Å². The Morgan fingerprint density at radius 1 is 1.17 bits per heavy atom.